The van der Waals surface area contributed by atoms with Crippen LogP contribution in [-0.4, -0.2) is 38.3 Å². The van der Waals surface area contributed by atoms with Gasteiger partial charge in [-0.05, 0) is 22.4 Å². The Morgan fingerprint density at radius 2 is 2.33 bits per heavy atom. The number of aryl methyl sites for hydroxylation is 2. The van der Waals surface area contributed by atoms with Gasteiger partial charge in [0.05, 0.1) is 15.9 Å². The Balaban J connectivity index is 2.06. The Morgan fingerprint density at radius 1 is 1.56 bits per heavy atom. The first-order valence-electron chi connectivity index (χ1n) is 6.28. The van der Waals surface area contributed by atoms with Gasteiger partial charge < -0.3 is 5.73 Å². The van der Waals surface area contributed by atoms with Gasteiger partial charge in [0.2, 0.25) is 0 Å². The van der Waals surface area contributed by atoms with E-state index in [2.05, 4.69) is 28.0 Å². The summed E-state index contributed by atoms with van der Waals surface area (Å²) >= 11 is 7.71. The molecule has 6 heteroatoms. The first-order chi connectivity index (χ1) is 8.63. The summed E-state index contributed by atoms with van der Waals surface area (Å²) in [4.78, 5) is 0. The summed E-state index contributed by atoms with van der Waals surface area (Å²) in [7, 11) is 2.01. The molecule has 1 aromatic rings. The normalized spacial score (nSPS) is 22.1. The smallest absolute Gasteiger partial charge is 0.0766 e. The van der Waals surface area contributed by atoms with Crippen LogP contribution >= 0.6 is 39.5 Å². The topological polar surface area (TPSA) is 43.8 Å². The molecule has 2 unspecified atom stereocenters. The largest absolute Gasteiger partial charge is 0.326 e. The molecule has 0 aromatic carbocycles. The Labute approximate surface area is 126 Å². The quantitative estimate of drug-likeness (QED) is 0.906. The van der Waals surface area contributed by atoms with E-state index >= 15 is 0 Å². The lowest BCUT2D eigenvalue weighted by atomic mass is 10.1. The number of aromatic nitrogens is 2. The number of nitrogens with zero attached hydrogens (tertiary/aromatic N) is 2. The molecular formula is C12H20BrN3S2. The summed E-state index contributed by atoms with van der Waals surface area (Å²) in [6, 6.07) is 0.221. The monoisotopic (exact) mass is 349 g/mol. The van der Waals surface area contributed by atoms with Gasteiger partial charge in [0.25, 0.3) is 0 Å². The lowest BCUT2D eigenvalue weighted by Gasteiger charge is -2.26. The predicted octanol–water partition coefficient (Wildman–Crippen LogP) is 2.46. The summed E-state index contributed by atoms with van der Waals surface area (Å²) in [6.07, 6.45) is 1.86. The third-order valence-corrected chi connectivity index (χ3v) is 7.11. The predicted molar refractivity (Wildman–Crippen MR) is 85.5 cm³/mol. The lowest BCUT2D eigenvalue weighted by molar-refractivity contribution is 0.610. The summed E-state index contributed by atoms with van der Waals surface area (Å²) < 4.78 is 3.13. The first-order valence-corrected chi connectivity index (χ1v) is 9.28. The van der Waals surface area contributed by atoms with Crippen molar-refractivity contribution < 1.29 is 0 Å². The SMILES string of the molecule is CCc1nn(C)c(CC(N)C2CSCCS2)c1Br. The van der Waals surface area contributed by atoms with Gasteiger partial charge in [-0.2, -0.15) is 28.6 Å². The van der Waals surface area contributed by atoms with Crippen LogP contribution in [0.4, 0.5) is 0 Å². The minimum Gasteiger partial charge on any atom is -0.326 e. The molecular weight excluding hydrogens is 330 g/mol. The van der Waals surface area contributed by atoms with Gasteiger partial charge in [0, 0.05) is 42.0 Å². The summed E-state index contributed by atoms with van der Waals surface area (Å²) in [6.45, 7) is 2.13. The van der Waals surface area contributed by atoms with Gasteiger partial charge in [0.1, 0.15) is 0 Å². The van der Waals surface area contributed by atoms with E-state index in [0.717, 1.165) is 23.0 Å². The molecule has 0 spiro atoms. The van der Waals surface area contributed by atoms with Crippen LogP contribution in [0.15, 0.2) is 4.47 Å². The Kier molecular flexibility index (Phi) is 5.47. The highest BCUT2D eigenvalue weighted by Crippen LogP contribution is 2.29. The molecule has 1 aromatic heterocycles. The molecule has 1 fully saturated rings. The van der Waals surface area contributed by atoms with Crippen LogP contribution < -0.4 is 5.73 Å². The van der Waals surface area contributed by atoms with E-state index in [9.17, 15) is 0 Å². The minimum atomic E-state index is 0.221. The summed E-state index contributed by atoms with van der Waals surface area (Å²) in [5, 5.41) is 5.11. The summed E-state index contributed by atoms with van der Waals surface area (Å²) in [5.74, 6) is 3.68. The van der Waals surface area contributed by atoms with Crippen LogP contribution in [0, 0.1) is 0 Å². The Morgan fingerprint density at radius 3 is 2.89 bits per heavy atom. The zero-order chi connectivity index (χ0) is 13.1. The first kappa shape index (κ1) is 14.8. The fourth-order valence-electron chi connectivity index (χ4n) is 2.15. The van der Waals surface area contributed by atoms with Crippen molar-refractivity contribution >= 4 is 39.5 Å². The lowest BCUT2D eigenvalue weighted by Crippen LogP contribution is -2.38. The number of rotatable bonds is 4. The van der Waals surface area contributed by atoms with Crippen LogP contribution in [0.25, 0.3) is 0 Å². The molecule has 1 aliphatic rings. The molecule has 2 N–H and O–H groups in total. The average molecular weight is 350 g/mol. The molecule has 18 heavy (non-hydrogen) atoms. The molecule has 0 saturated carbocycles. The standard InChI is InChI=1S/C12H20BrN3S2/c1-3-9-12(13)10(16(2)15-9)6-8(14)11-7-17-4-5-18-11/h8,11H,3-7,14H2,1-2H3. The molecule has 0 bridgehead atoms. The molecule has 2 heterocycles. The summed E-state index contributed by atoms with van der Waals surface area (Å²) in [5.41, 5.74) is 8.73. The van der Waals surface area contributed by atoms with Crippen molar-refractivity contribution in [3.05, 3.63) is 15.9 Å². The third kappa shape index (κ3) is 3.26. The maximum absolute atomic E-state index is 6.37. The molecule has 2 rings (SSSR count). The van der Waals surface area contributed by atoms with Gasteiger partial charge in [0.15, 0.2) is 0 Å². The second kappa shape index (κ2) is 6.68. The highest BCUT2D eigenvalue weighted by molar-refractivity contribution is 9.10. The molecule has 0 aliphatic carbocycles. The second-order valence-electron chi connectivity index (χ2n) is 4.54. The average Bonchev–Trinajstić information content (AvgIpc) is 2.67. The number of thioether (sulfide) groups is 2. The van der Waals surface area contributed by atoms with Crippen molar-refractivity contribution in [1.29, 1.82) is 0 Å². The molecule has 0 amide bonds. The van der Waals surface area contributed by atoms with E-state index in [1.165, 1.54) is 23.0 Å². The highest BCUT2D eigenvalue weighted by Gasteiger charge is 2.24. The van der Waals surface area contributed by atoms with Crippen molar-refractivity contribution in [3.63, 3.8) is 0 Å². The zero-order valence-corrected chi connectivity index (χ0v) is 14.1. The van der Waals surface area contributed by atoms with Crippen LogP contribution in [0.3, 0.4) is 0 Å². The van der Waals surface area contributed by atoms with E-state index in [4.69, 9.17) is 5.73 Å². The van der Waals surface area contributed by atoms with Crippen LogP contribution in [0.1, 0.15) is 18.3 Å². The van der Waals surface area contributed by atoms with E-state index in [1.54, 1.807) is 0 Å². The fraction of sp³-hybridized carbons (Fsp3) is 0.750. The van der Waals surface area contributed by atoms with Crippen molar-refractivity contribution in [2.24, 2.45) is 12.8 Å². The van der Waals surface area contributed by atoms with E-state index < -0.39 is 0 Å². The molecule has 3 nitrogen and oxygen atoms in total. The minimum absolute atomic E-state index is 0.221. The molecule has 1 saturated heterocycles. The van der Waals surface area contributed by atoms with E-state index in [-0.39, 0.29) is 6.04 Å². The van der Waals surface area contributed by atoms with Gasteiger partial charge in [-0.15, -0.1) is 0 Å². The Hall–Kier alpha value is 0.350. The van der Waals surface area contributed by atoms with E-state index in [0.29, 0.717) is 5.25 Å². The van der Waals surface area contributed by atoms with Gasteiger partial charge in [-0.1, -0.05) is 6.92 Å². The van der Waals surface area contributed by atoms with Crippen LogP contribution in [-0.2, 0) is 19.9 Å². The third-order valence-electron chi connectivity index (χ3n) is 3.25. The van der Waals surface area contributed by atoms with Crippen molar-refractivity contribution in [1.82, 2.24) is 9.78 Å². The van der Waals surface area contributed by atoms with Crippen molar-refractivity contribution in [3.8, 4) is 0 Å². The van der Waals surface area contributed by atoms with Gasteiger partial charge in [-0.25, -0.2) is 0 Å². The van der Waals surface area contributed by atoms with Gasteiger partial charge >= 0.3 is 0 Å². The maximum atomic E-state index is 6.37. The van der Waals surface area contributed by atoms with E-state index in [1.807, 2.05) is 35.3 Å². The van der Waals surface area contributed by atoms with Crippen LogP contribution in [0.5, 0.6) is 0 Å². The molecule has 102 valence electrons. The number of halogens is 1. The highest BCUT2D eigenvalue weighted by atomic mass is 79.9. The molecule has 2 atom stereocenters. The second-order valence-corrected chi connectivity index (χ2v) is 7.83. The van der Waals surface area contributed by atoms with Gasteiger partial charge in [-0.3, -0.25) is 4.68 Å². The molecule has 1 aliphatic heterocycles. The molecule has 0 radical (unpaired) electrons. The Bertz CT molecular complexity index is 402. The van der Waals surface area contributed by atoms with Crippen molar-refractivity contribution in [2.45, 2.75) is 31.1 Å². The number of hydrogen-bond acceptors (Lipinski definition) is 4. The zero-order valence-electron chi connectivity index (χ0n) is 10.9. The van der Waals surface area contributed by atoms with Crippen LogP contribution in [0.2, 0.25) is 0 Å². The van der Waals surface area contributed by atoms with Crippen molar-refractivity contribution in [2.75, 3.05) is 17.3 Å². The maximum Gasteiger partial charge on any atom is 0.0766 e. The fourth-order valence-corrected chi connectivity index (χ4v) is 5.75. The number of hydrogen-bond donors (Lipinski definition) is 1. The number of nitrogens with two attached hydrogens (primary N) is 1.